The molecule has 2 atom stereocenters. The van der Waals surface area contributed by atoms with E-state index in [1.54, 1.807) is 6.07 Å². The molecule has 0 bridgehead atoms. The van der Waals surface area contributed by atoms with Gasteiger partial charge in [-0.3, -0.25) is 4.90 Å². The summed E-state index contributed by atoms with van der Waals surface area (Å²) in [5.74, 6) is -0.429. The van der Waals surface area contributed by atoms with Crippen molar-refractivity contribution in [1.82, 2.24) is 0 Å². The van der Waals surface area contributed by atoms with Crippen molar-refractivity contribution in [2.24, 2.45) is 0 Å². The maximum absolute atomic E-state index is 13.0. The van der Waals surface area contributed by atoms with Crippen LogP contribution in [0.25, 0.3) is 0 Å². The maximum atomic E-state index is 13.0. The zero-order valence-electron chi connectivity index (χ0n) is 8.76. The van der Waals surface area contributed by atoms with Crippen LogP contribution in [0.3, 0.4) is 0 Å². The molecular formula is C11H12FNO3. The summed E-state index contributed by atoms with van der Waals surface area (Å²) >= 11 is 0. The molecular weight excluding hydrogens is 213 g/mol. The summed E-state index contributed by atoms with van der Waals surface area (Å²) in [5, 5.41) is 9.48. The quantitative estimate of drug-likeness (QED) is 0.836. The van der Waals surface area contributed by atoms with Crippen molar-refractivity contribution in [2.75, 3.05) is 4.90 Å². The van der Waals surface area contributed by atoms with Crippen molar-refractivity contribution in [3.05, 3.63) is 30.1 Å². The van der Waals surface area contributed by atoms with E-state index < -0.39 is 24.2 Å². The molecule has 1 N–H and O–H groups in total. The molecule has 5 heteroatoms. The van der Waals surface area contributed by atoms with E-state index in [-0.39, 0.29) is 0 Å². The molecule has 1 amide bonds. The lowest BCUT2D eigenvalue weighted by atomic mass is 10.2. The van der Waals surface area contributed by atoms with E-state index in [0.29, 0.717) is 12.1 Å². The minimum atomic E-state index is -1.15. The second-order valence-corrected chi connectivity index (χ2v) is 3.60. The number of nitrogens with zero attached hydrogens (tertiary/aromatic N) is 1. The summed E-state index contributed by atoms with van der Waals surface area (Å²) in [5.41, 5.74) is 0.397. The first kappa shape index (κ1) is 10.9. The van der Waals surface area contributed by atoms with Crippen LogP contribution in [0.1, 0.15) is 13.3 Å². The Morgan fingerprint density at radius 2 is 2.31 bits per heavy atom. The SMILES string of the molecule is CCC1[C@H](O)OC(=O)N1c1cccc(F)c1. The number of rotatable bonds is 2. The van der Waals surface area contributed by atoms with Gasteiger partial charge in [-0.1, -0.05) is 13.0 Å². The van der Waals surface area contributed by atoms with Crippen LogP contribution in [0.2, 0.25) is 0 Å². The zero-order valence-corrected chi connectivity index (χ0v) is 8.76. The third-order valence-electron chi connectivity index (χ3n) is 2.58. The second-order valence-electron chi connectivity index (χ2n) is 3.60. The highest BCUT2D eigenvalue weighted by Crippen LogP contribution is 2.27. The molecule has 1 aromatic carbocycles. The first-order valence-corrected chi connectivity index (χ1v) is 5.07. The van der Waals surface area contributed by atoms with Gasteiger partial charge in [-0.25, -0.2) is 9.18 Å². The number of amides is 1. The molecule has 0 spiro atoms. The Hall–Kier alpha value is -1.62. The zero-order chi connectivity index (χ0) is 11.7. The van der Waals surface area contributed by atoms with Crippen LogP contribution in [0.4, 0.5) is 14.9 Å². The van der Waals surface area contributed by atoms with Crippen molar-refractivity contribution >= 4 is 11.8 Å². The molecule has 0 aromatic heterocycles. The van der Waals surface area contributed by atoms with Crippen molar-refractivity contribution in [2.45, 2.75) is 25.7 Å². The van der Waals surface area contributed by atoms with Gasteiger partial charge < -0.3 is 9.84 Å². The number of hydrogen-bond donors (Lipinski definition) is 1. The van der Waals surface area contributed by atoms with Gasteiger partial charge in [0.25, 0.3) is 0 Å². The minimum absolute atomic E-state index is 0.397. The van der Waals surface area contributed by atoms with Crippen molar-refractivity contribution in [1.29, 1.82) is 0 Å². The van der Waals surface area contributed by atoms with Crippen LogP contribution in [-0.4, -0.2) is 23.5 Å². The van der Waals surface area contributed by atoms with E-state index in [1.807, 2.05) is 6.92 Å². The smallest absolute Gasteiger partial charge is 0.417 e. The average Bonchev–Trinajstić information content (AvgIpc) is 2.52. The number of halogens is 1. The molecule has 1 aliphatic heterocycles. The first-order valence-electron chi connectivity index (χ1n) is 5.07. The predicted molar refractivity (Wildman–Crippen MR) is 55.4 cm³/mol. The molecule has 0 radical (unpaired) electrons. The van der Waals surface area contributed by atoms with E-state index in [4.69, 9.17) is 4.74 Å². The summed E-state index contributed by atoms with van der Waals surface area (Å²) in [7, 11) is 0. The molecule has 1 unspecified atom stereocenters. The third kappa shape index (κ3) is 1.74. The molecule has 2 rings (SSSR count). The molecule has 1 aliphatic rings. The van der Waals surface area contributed by atoms with E-state index >= 15 is 0 Å². The molecule has 0 saturated carbocycles. The fraction of sp³-hybridized carbons (Fsp3) is 0.364. The van der Waals surface area contributed by atoms with Crippen LogP contribution in [0, 0.1) is 5.82 Å². The Balaban J connectivity index is 2.35. The van der Waals surface area contributed by atoms with Gasteiger partial charge in [-0.05, 0) is 24.6 Å². The summed E-state index contributed by atoms with van der Waals surface area (Å²) in [4.78, 5) is 12.8. The molecule has 16 heavy (non-hydrogen) atoms. The Kier molecular flexibility index (Phi) is 2.78. The number of carbonyl (C=O) groups is 1. The molecule has 4 nitrogen and oxygen atoms in total. The lowest BCUT2D eigenvalue weighted by molar-refractivity contribution is -0.0348. The number of anilines is 1. The molecule has 0 aliphatic carbocycles. The Labute approximate surface area is 92.2 Å². The predicted octanol–water partition coefficient (Wildman–Crippen LogP) is 1.88. The lowest BCUT2D eigenvalue weighted by Crippen LogP contribution is -2.36. The van der Waals surface area contributed by atoms with Crippen LogP contribution in [-0.2, 0) is 4.74 Å². The van der Waals surface area contributed by atoms with Gasteiger partial charge in [-0.2, -0.15) is 0 Å². The largest absolute Gasteiger partial charge is 0.417 e. The number of aliphatic hydroxyl groups is 1. The van der Waals surface area contributed by atoms with Gasteiger partial charge in [0.1, 0.15) is 11.9 Å². The minimum Gasteiger partial charge on any atom is -0.417 e. The van der Waals surface area contributed by atoms with Gasteiger partial charge in [0.15, 0.2) is 0 Å². The Bertz CT molecular complexity index is 410. The first-order chi connectivity index (χ1) is 7.63. The molecule has 1 saturated heterocycles. The normalized spacial score (nSPS) is 24.7. The van der Waals surface area contributed by atoms with Crippen LogP contribution in [0.5, 0.6) is 0 Å². The van der Waals surface area contributed by atoms with Gasteiger partial charge >= 0.3 is 6.09 Å². The van der Waals surface area contributed by atoms with Gasteiger partial charge in [0, 0.05) is 0 Å². The number of benzene rings is 1. The monoisotopic (exact) mass is 225 g/mol. The lowest BCUT2D eigenvalue weighted by Gasteiger charge is -2.21. The number of hydrogen-bond acceptors (Lipinski definition) is 3. The van der Waals surface area contributed by atoms with Gasteiger partial charge in [0.2, 0.25) is 6.29 Å². The summed E-state index contributed by atoms with van der Waals surface area (Å²) in [6.45, 7) is 1.82. The highest BCUT2D eigenvalue weighted by Gasteiger charge is 2.40. The molecule has 86 valence electrons. The Morgan fingerprint density at radius 3 is 2.94 bits per heavy atom. The fourth-order valence-corrected chi connectivity index (χ4v) is 1.81. The highest BCUT2D eigenvalue weighted by atomic mass is 19.1. The Morgan fingerprint density at radius 1 is 1.56 bits per heavy atom. The summed E-state index contributed by atoms with van der Waals surface area (Å²) in [6, 6.07) is 5.18. The molecule has 1 fully saturated rings. The summed E-state index contributed by atoms with van der Waals surface area (Å²) in [6.07, 6.45) is -1.27. The van der Waals surface area contributed by atoms with E-state index in [9.17, 15) is 14.3 Å². The molecule has 1 aromatic rings. The number of ether oxygens (including phenoxy) is 1. The van der Waals surface area contributed by atoms with Crippen molar-refractivity contribution in [3.8, 4) is 0 Å². The fourth-order valence-electron chi connectivity index (χ4n) is 1.81. The van der Waals surface area contributed by atoms with Crippen LogP contribution < -0.4 is 4.90 Å². The third-order valence-corrected chi connectivity index (χ3v) is 2.58. The average molecular weight is 225 g/mol. The van der Waals surface area contributed by atoms with Gasteiger partial charge in [0.05, 0.1) is 5.69 Å². The molecule has 1 heterocycles. The topological polar surface area (TPSA) is 49.8 Å². The number of cyclic esters (lactones) is 1. The second kappa shape index (κ2) is 4.09. The summed E-state index contributed by atoms with van der Waals surface area (Å²) < 4.78 is 17.7. The number of carbonyl (C=O) groups excluding carboxylic acids is 1. The van der Waals surface area contributed by atoms with Crippen LogP contribution >= 0.6 is 0 Å². The van der Waals surface area contributed by atoms with Crippen LogP contribution in [0.15, 0.2) is 24.3 Å². The maximum Gasteiger partial charge on any atom is 0.417 e. The van der Waals surface area contributed by atoms with E-state index in [0.717, 1.165) is 0 Å². The number of aliphatic hydroxyl groups excluding tert-OH is 1. The van der Waals surface area contributed by atoms with E-state index in [1.165, 1.54) is 23.1 Å². The van der Waals surface area contributed by atoms with Gasteiger partial charge in [-0.15, -0.1) is 0 Å². The standard InChI is InChI=1S/C11H12FNO3/c1-2-9-10(14)16-11(15)13(9)8-5-3-4-7(12)6-8/h3-6,9-10,14H,2H2,1H3/t9?,10-/m1/s1. The van der Waals surface area contributed by atoms with Crippen molar-refractivity contribution < 1.29 is 19.0 Å². The highest BCUT2D eigenvalue weighted by molar-refractivity contribution is 5.90. The van der Waals surface area contributed by atoms with Crippen molar-refractivity contribution in [3.63, 3.8) is 0 Å². The van der Waals surface area contributed by atoms with E-state index in [2.05, 4.69) is 0 Å².